The summed E-state index contributed by atoms with van der Waals surface area (Å²) >= 11 is 1.57. The molecule has 1 atom stereocenters. The van der Waals surface area contributed by atoms with Crippen LogP contribution in [0.1, 0.15) is 38.4 Å². The lowest BCUT2D eigenvalue weighted by atomic mass is 9.74. The molecule has 0 amide bonds. The largest absolute Gasteiger partial charge is 0.346 e. The van der Waals surface area contributed by atoms with Crippen LogP contribution in [0.15, 0.2) is 0 Å². The molecular weight excluding hydrogens is 244 g/mol. The molecule has 0 saturated carbocycles. The smallest absolute Gasteiger partial charge is 0.205 e. The molecule has 3 heterocycles. The van der Waals surface area contributed by atoms with Gasteiger partial charge in [0.05, 0.1) is 0 Å². The van der Waals surface area contributed by atoms with Gasteiger partial charge in [-0.1, -0.05) is 6.92 Å². The van der Waals surface area contributed by atoms with Crippen LogP contribution >= 0.6 is 11.5 Å². The van der Waals surface area contributed by atoms with E-state index in [1.54, 1.807) is 11.5 Å². The van der Waals surface area contributed by atoms with Gasteiger partial charge in [0.25, 0.3) is 0 Å². The SMILES string of the molecule is CCc1nsc(N2CCCC3(CCCNC3)C2)n1. The van der Waals surface area contributed by atoms with Gasteiger partial charge < -0.3 is 10.2 Å². The standard InChI is InChI=1S/C13H22N4S/c1-2-11-15-12(18-16-11)17-8-4-6-13(10-17)5-3-7-14-9-13/h14H,2-10H2,1H3. The zero-order valence-electron chi connectivity index (χ0n) is 11.1. The van der Waals surface area contributed by atoms with Crippen LogP contribution in [0, 0.1) is 5.41 Å². The van der Waals surface area contributed by atoms with E-state index in [1.807, 2.05) is 0 Å². The number of anilines is 1. The molecular formula is C13H22N4S. The van der Waals surface area contributed by atoms with Crippen molar-refractivity contribution in [3.05, 3.63) is 5.82 Å². The topological polar surface area (TPSA) is 41.1 Å². The van der Waals surface area contributed by atoms with Gasteiger partial charge in [0, 0.05) is 43.0 Å². The number of aromatic nitrogens is 2. The Balaban J connectivity index is 1.73. The highest BCUT2D eigenvalue weighted by atomic mass is 32.1. The van der Waals surface area contributed by atoms with Crippen molar-refractivity contribution in [2.75, 3.05) is 31.1 Å². The minimum atomic E-state index is 0.495. The van der Waals surface area contributed by atoms with E-state index >= 15 is 0 Å². The number of piperidine rings is 2. The third-order valence-corrected chi connectivity index (χ3v) is 5.08. The molecule has 2 fully saturated rings. The van der Waals surface area contributed by atoms with Gasteiger partial charge in [0.2, 0.25) is 5.13 Å². The van der Waals surface area contributed by atoms with Crippen molar-refractivity contribution in [2.24, 2.45) is 5.41 Å². The van der Waals surface area contributed by atoms with Gasteiger partial charge in [-0.25, -0.2) is 4.98 Å². The molecule has 1 aromatic heterocycles. The lowest BCUT2D eigenvalue weighted by molar-refractivity contribution is 0.173. The Labute approximate surface area is 113 Å². The second-order valence-corrected chi connectivity index (χ2v) is 6.38. The Kier molecular flexibility index (Phi) is 3.52. The molecule has 1 spiro atoms. The fraction of sp³-hybridized carbons (Fsp3) is 0.846. The van der Waals surface area contributed by atoms with Gasteiger partial charge in [-0.2, -0.15) is 4.37 Å². The van der Waals surface area contributed by atoms with E-state index in [9.17, 15) is 0 Å². The summed E-state index contributed by atoms with van der Waals surface area (Å²) in [6.45, 7) is 6.82. The number of aryl methyl sites for hydroxylation is 1. The predicted molar refractivity (Wildman–Crippen MR) is 75.3 cm³/mol. The maximum absolute atomic E-state index is 4.64. The van der Waals surface area contributed by atoms with Crippen LogP contribution in [-0.2, 0) is 6.42 Å². The summed E-state index contributed by atoms with van der Waals surface area (Å²) in [5.41, 5.74) is 0.495. The Hall–Kier alpha value is -0.680. The Morgan fingerprint density at radius 1 is 1.39 bits per heavy atom. The molecule has 4 nitrogen and oxygen atoms in total. The third kappa shape index (κ3) is 2.38. The fourth-order valence-electron chi connectivity index (χ4n) is 3.27. The summed E-state index contributed by atoms with van der Waals surface area (Å²) in [4.78, 5) is 7.11. The highest BCUT2D eigenvalue weighted by molar-refractivity contribution is 7.09. The lowest BCUT2D eigenvalue weighted by Crippen LogP contribution is -2.51. The Bertz CT molecular complexity index is 392. The van der Waals surface area contributed by atoms with Crippen molar-refractivity contribution >= 4 is 16.7 Å². The molecule has 2 aliphatic rings. The zero-order valence-corrected chi connectivity index (χ0v) is 11.9. The average Bonchev–Trinajstić information content (AvgIpc) is 2.88. The van der Waals surface area contributed by atoms with Crippen molar-refractivity contribution in [1.29, 1.82) is 0 Å². The quantitative estimate of drug-likeness (QED) is 0.890. The average molecular weight is 266 g/mol. The van der Waals surface area contributed by atoms with Crippen LogP contribution in [0.25, 0.3) is 0 Å². The summed E-state index contributed by atoms with van der Waals surface area (Å²) in [6, 6.07) is 0. The molecule has 3 rings (SSSR count). The van der Waals surface area contributed by atoms with Gasteiger partial charge in [0.1, 0.15) is 5.82 Å². The second kappa shape index (κ2) is 5.13. The highest BCUT2D eigenvalue weighted by Gasteiger charge is 2.37. The number of hydrogen-bond acceptors (Lipinski definition) is 5. The van der Waals surface area contributed by atoms with Crippen molar-refractivity contribution in [3.63, 3.8) is 0 Å². The molecule has 1 N–H and O–H groups in total. The van der Waals surface area contributed by atoms with Crippen molar-refractivity contribution < 1.29 is 0 Å². The first-order chi connectivity index (χ1) is 8.81. The number of hydrogen-bond donors (Lipinski definition) is 1. The first kappa shape index (κ1) is 12.4. The summed E-state index contributed by atoms with van der Waals surface area (Å²) in [5.74, 6) is 0.997. The highest BCUT2D eigenvalue weighted by Crippen LogP contribution is 2.37. The van der Waals surface area contributed by atoms with E-state index in [0.717, 1.165) is 23.9 Å². The van der Waals surface area contributed by atoms with Crippen LogP contribution in [0.2, 0.25) is 0 Å². The monoisotopic (exact) mass is 266 g/mol. The van der Waals surface area contributed by atoms with Gasteiger partial charge >= 0.3 is 0 Å². The second-order valence-electron chi connectivity index (χ2n) is 5.65. The molecule has 100 valence electrons. The van der Waals surface area contributed by atoms with E-state index < -0.39 is 0 Å². The molecule has 18 heavy (non-hydrogen) atoms. The first-order valence-corrected chi connectivity index (χ1v) is 7.87. The minimum Gasteiger partial charge on any atom is -0.346 e. The summed E-state index contributed by atoms with van der Waals surface area (Å²) in [7, 11) is 0. The van der Waals surface area contributed by atoms with Gasteiger partial charge in [-0.15, -0.1) is 0 Å². The van der Waals surface area contributed by atoms with E-state index in [4.69, 9.17) is 0 Å². The normalized spacial score (nSPS) is 28.8. The molecule has 0 radical (unpaired) electrons. The van der Waals surface area contributed by atoms with Crippen LogP contribution in [0.5, 0.6) is 0 Å². The number of nitrogens with one attached hydrogen (secondary N) is 1. The molecule has 2 aliphatic heterocycles. The van der Waals surface area contributed by atoms with Gasteiger partial charge in [-0.3, -0.25) is 0 Å². The van der Waals surface area contributed by atoms with Gasteiger partial charge in [0.15, 0.2) is 0 Å². The predicted octanol–water partition coefficient (Wildman–Crippen LogP) is 2.07. The van der Waals surface area contributed by atoms with E-state index in [0.29, 0.717) is 5.41 Å². The van der Waals surface area contributed by atoms with Crippen molar-refractivity contribution in [3.8, 4) is 0 Å². The Morgan fingerprint density at radius 2 is 2.28 bits per heavy atom. The van der Waals surface area contributed by atoms with Crippen LogP contribution in [0.3, 0.4) is 0 Å². The maximum Gasteiger partial charge on any atom is 0.205 e. The molecule has 0 aromatic carbocycles. The lowest BCUT2D eigenvalue weighted by Gasteiger charge is -2.45. The van der Waals surface area contributed by atoms with Crippen LogP contribution < -0.4 is 10.2 Å². The van der Waals surface area contributed by atoms with Crippen LogP contribution in [0.4, 0.5) is 5.13 Å². The van der Waals surface area contributed by atoms with Gasteiger partial charge in [-0.05, 0) is 32.2 Å². The fourth-order valence-corrected chi connectivity index (χ4v) is 4.04. The third-order valence-electron chi connectivity index (χ3n) is 4.27. The number of nitrogens with zero attached hydrogens (tertiary/aromatic N) is 3. The molecule has 1 aromatic rings. The molecule has 5 heteroatoms. The van der Waals surface area contributed by atoms with Crippen molar-refractivity contribution in [2.45, 2.75) is 39.0 Å². The molecule has 0 aliphatic carbocycles. The summed E-state index contributed by atoms with van der Waals surface area (Å²) in [6.07, 6.45) is 6.30. The maximum atomic E-state index is 4.64. The van der Waals surface area contributed by atoms with Crippen molar-refractivity contribution in [1.82, 2.24) is 14.7 Å². The van der Waals surface area contributed by atoms with E-state index in [-0.39, 0.29) is 0 Å². The molecule has 0 bridgehead atoms. The van der Waals surface area contributed by atoms with Crippen LogP contribution in [-0.4, -0.2) is 35.5 Å². The minimum absolute atomic E-state index is 0.495. The Morgan fingerprint density at radius 3 is 3.00 bits per heavy atom. The van der Waals surface area contributed by atoms with E-state index in [1.165, 1.54) is 45.3 Å². The first-order valence-electron chi connectivity index (χ1n) is 7.10. The number of rotatable bonds is 2. The molecule has 1 unspecified atom stereocenters. The zero-order chi connectivity index (χ0) is 12.4. The van der Waals surface area contributed by atoms with E-state index in [2.05, 4.69) is 26.5 Å². The summed E-state index contributed by atoms with van der Waals surface area (Å²) < 4.78 is 4.42. The molecule has 2 saturated heterocycles. The summed E-state index contributed by atoms with van der Waals surface area (Å²) in [5, 5.41) is 4.71.